The second-order valence-corrected chi connectivity index (χ2v) is 11.6. The highest BCUT2D eigenvalue weighted by Crippen LogP contribution is 2.33. The zero-order chi connectivity index (χ0) is 29.4. The molecule has 0 saturated heterocycles. The second kappa shape index (κ2) is 13.9. The monoisotopic (exact) mass is 618 g/mol. The lowest BCUT2D eigenvalue weighted by Gasteiger charge is -2.31. The fourth-order valence-electron chi connectivity index (χ4n) is 5.15. The van der Waals surface area contributed by atoms with Crippen LogP contribution < -0.4 is 5.32 Å². The molecule has 0 bridgehead atoms. The van der Waals surface area contributed by atoms with E-state index in [0.717, 1.165) is 37.8 Å². The summed E-state index contributed by atoms with van der Waals surface area (Å²) in [4.78, 5) is 31.0. The lowest BCUT2D eigenvalue weighted by Crippen LogP contribution is -2.39. The van der Waals surface area contributed by atoms with Gasteiger partial charge in [-0.2, -0.15) is 0 Å². The summed E-state index contributed by atoms with van der Waals surface area (Å²) < 4.78 is 19.5. The fraction of sp³-hybridized carbons (Fsp3) is 0.324. The number of aromatic nitrogens is 1. The zero-order valence-electron chi connectivity index (χ0n) is 23.8. The van der Waals surface area contributed by atoms with Crippen LogP contribution in [0.4, 0.5) is 4.39 Å². The summed E-state index contributed by atoms with van der Waals surface area (Å²) in [6.07, 6.45) is 0.464. The Hall–Kier alpha value is -3.58. The van der Waals surface area contributed by atoms with Crippen LogP contribution in [0.1, 0.15) is 67.4 Å². The number of ether oxygens (including phenoxy) is 1. The Morgan fingerprint density at radius 3 is 2.41 bits per heavy atom. The molecule has 5 nitrogen and oxygen atoms in total. The molecule has 2 atom stereocenters. The van der Waals surface area contributed by atoms with E-state index in [1.54, 1.807) is 0 Å². The van der Waals surface area contributed by atoms with Crippen molar-refractivity contribution < 1.29 is 18.7 Å². The Labute approximate surface area is 249 Å². The van der Waals surface area contributed by atoms with Crippen LogP contribution in [0.3, 0.4) is 0 Å². The topological polar surface area (TPSA) is 68.3 Å². The zero-order valence-corrected chi connectivity index (χ0v) is 25.3. The molecule has 1 N–H and O–H groups in total. The van der Waals surface area contributed by atoms with Crippen molar-refractivity contribution in [3.8, 4) is 11.3 Å². The van der Waals surface area contributed by atoms with Gasteiger partial charge in [-0.3, -0.25) is 9.59 Å². The van der Waals surface area contributed by atoms with Crippen molar-refractivity contribution in [2.45, 2.75) is 64.6 Å². The summed E-state index contributed by atoms with van der Waals surface area (Å²) in [6, 6.07) is 25.6. The number of hydrogen-bond donors (Lipinski definition) is 1. The van der Waals surface area contributed by atoms with Crippen LogP contribution in [0.5, 0.6) is 0 Å². The number of hydrogen-bond acceptors (Lipinski definition) is 4. The van der Waals surface area contributed by atoms with Crippen molar-refractivity contribution in [2.24, 2.45) is 0 Å². The maximum absolute atomic E-state index is 13.9. The lowest BCUT2D eigenvalue weighted by molar-refractivity contribution is -0.158. The smallest absolute Gasteiger partial charge is 0.308 e. The first-order valence-corrected chi connectivity index (χ1v) is 14.8. The van der Waals surface area contributed by atoms with Gasteiger partial charge in [-0.25, -0.2) is 9.37 Å². The van der Waals surface area contributed by atoms with E-state index in [2.05, 4.69) is 28.2 Å². The van der Waals surface area contributed by atoms with Gasteiger partial charge >= 0.3 is 5.97 Å². The molecule has 0 aliphatic rings. The average molecular weight is 620 g/mol. The molecule has 41 heavy (non-hydrogen) atoms. The van der Waals surface area contributed by atoms with Crippen molar-refractivity contribution in [3.63, 3.8) is 0 Å². The minimum atomic E-state index is -1.56. The van der Waals surface area contributed by atoms with Gasteiger partial charge in [0.05, 0.1) is 16.8 Å². The van der Waals surface area contributed by atoms with E-state index in [1.807, 2.05) is 92.7 Å². The number of pyridine rings is 1. The molecule has 0 aliphatic carbocycles. The van der Waals surface area contributed by atoms with Crippen molar-refractivity contribution in [3.05, 3.63) is 100 Å². The average Bonchev–Trinajstić information content (AvgIpc) is 2.96. The minimum Gasteiger partial charge on any atom is -0.431 e. The van der Waals surface area contributed by atoms with Crippen molar-refractivity contribution in [1.82, 2.24) is 10.3 Å². The largest absolute Gasteiger partial charge is 0.431 e. The maximum atomic E-state index is 13.9. The molecule has 4 rings (SSSR count). The van der Waals surface area contributed by atoms with Gasteiger partial charge in [0.1, 0.15) is 0 Å². The first-order chi connectivity index (χ1) is 19.7. The van der Waals surface area contributed by atoms with E-state index in [9.17, 15) is 14.0 Å². The number of fused-ring (bicyclic) bond motifs is 1. The number of carbonyl (C=O) groups is 2. The summed E-state index contributed by atoms with van der Waals surface area (Å²) in [5.41, 5.74) is 4.42. The van der Waals surface area contributed by atoms with E-state index in [1.165, 1.54) is 0 Å². The number of rotatable bonds is 12. The summed E-state index contributed by atoms with van der Waals surface area (Å²) in [5, 5.41) is 3.97. The van der Waals surface area contributed by atoms with Crippen LogP contribution in [0, 0.1) is 6.92 Å². The molecule has 2 unspecified atom stereocenters. The Morgan fingerprint density at radius 1 is 1.05 bits per heavy atom. The van der Waals surface area contributed by atoms with Crippen LogP contribution in [0.15, 0.2) is 83.3 Å². The third-order valence-corrected chi connectivity index (χ3v) is 7.95. The number of amides is 1. The number of halogens is 2. The molecule has 7 heteroatoms. The highest BCUT2D eigenvalue weighted by molar-refractivity contribution is 9.10. The molecule has 3 aromatic carbocycles. The minimum absolute atomic E-state index is 0.114. The number of benzene rings is 3. The maximum Gasteiger partial charge on any atom is 0.308 e. The Balaban J connectivity index is 1.59. The van der Waals surface area contributed by atoms with E-state index in [4.69, 9.17) is 9.72 Å². The van der Waals surface area contributed by atoms with Crippen molar-refractivity contribution in [1.29, 1.82) is 0 Å². The van der Waals surface area contributed by atoms with Crippen LogP contribution in [-0.4, -0.2) is 29.8 Å². The molecule has 214 valence electrons. The third-order valence-electron chi connectivity index (χ3n) is 7.46. The van der Waals surface area contributed by atoms with Gasteiger partial charge in [0, 0.05) is 40.2 Å². The van der Waals surface area contributed by atoms with Gasteiger partial charge in [-0.1, -0.05) is 90.4 Å². The van der Waals surface area contributed by atoms with Crippen molar-refractivity contribution in [2.75, 3.05) is 6.54 Å². The van der Waals surface area contributed by atoms with Gasteiger partial charge in [0.2, 0.25) is 6.36 Å². The van der Waals surface area contributed by atoms with Gasteiger partial charge in [-0.05, 0) is 55.5 Å². The normalized spacial score (nSPS) is 13.4. The summed E-state index contributed by atoms with van der Waals surface area (Å²) in [7, 11) is 0. The Morgan fingerprint density at radius 2 is 1.73 bits per heavy atom. The molecule has 1 amide bonds. The van der Waals surface area contributed by atoms with E-state index in [-0.39, 0.29) is 18.7 Å². The first-order valence-electron chi connectivity index (χ1n) is 14.0. The second-order valence-electron chi connectivity index (χ2n) is 10.6. The van der Waals surface area contributed by atoms with Gasteiger partial charge in [0.15, 0.2) is 0 Å². The van der Waals surface area contributed by atoms with E-state index < -0.39 is 17.7 Å². The first kappa shape index (κ1) is 30.4. The molecule has 0 saturated carbocycles. The third kappa shape index (κ3) is 7.59. The van der Waals surface area contributed by atoms with E-state index >= 15 is 0 Å². The number of esters is 1. The van der Waals surface area contributed by atoms with Crippen molar-refractivity contribution >= 4 is 38.7 Å². The number of nitrogens with one attached hydrogen (secondary N) is 1. The molecule has 1 heterocycles. The lowest BCUT2D eigenvalue weighted by atomic mass is 9.78. The molecule has 0 fully saturated rings. The molecule has 4 aromatic rings. The molecule has 0 spiro atoms. The van der Waals surface area contributed by atoms with Crippen LogP contribution in [0.2, 0.25) is 0 Å². The highest BCUT2D eigenvalue weighted by atomic mass is 79.9. The summed E-state index contributed by atoms with van der Waals surface area (Å²) >= 11 is 3.55. The standard InChI is InChI=1S/C34H36BrFN2O3/c1-4-12-29(36)41-30(39)17-11-20-34(3,25-15-9-6-10-16-25)22-37-33(40)31-23(2)32(24-13-7-5-8-14-24)38-28-19-18-26(35)21-27(28)31/h5-10,13-16,18-19,21,29H,4,11-12,17,20,22H2,1-3H3,(H,37,40). The summed E-state index contributed by atoms with van der Waals surface area (Å²) in [5.74, 6) is -0.727. The van der Waals surface area contributed by atoms with Crippen LogP contribution in [-0.2, 0) is 14.9 Å². The number of carbonyl (C=O) groups excluding carboxylic acids is 2. The molecule has 0 radical (unpaired) electrons. The predicted octanol–water partition coefficient (Wildman–Crippen LogP) is 8.47. The Kier molecular flexibility index (Phi) is 10.3. The van der Waals surface area contributed by atoms with Gasteiger partial charge in [0.25, 0.3) is 5.91 Å². The molecular weight excluding hydrogens is 583 g/mol. The number of nitrogens with zero attached hydrogens (tertiary/aromatic N) is 1. The van der Waals surface area contributed by atoms with Gasteiger partial charge < -0.3 is 10.1 Å². The molecule has 1 aromatic heterocycles. The van der Waals surface area contributed by atoms with E-state index in [0.29, 0.717) is 31.4 Å². The fourth-order valence-corrected chi connectivity index (χ4v) is 5.51. The Bertz CT molecular complexity index is 1500. The predicted molar refractivity (Wildman–Crippen MR) is 165 cm³/mol. The molecular formula is C34H36BrFN2O3. The SMILES string of the molecule is CCCC(F)OC(=O)CCCC(C)(CNC(=O)c1c(C)c(-c2ccccc2)nc2ccc(Br)cc12)c1ccccc1. The molecule has 0 aliphatic heterocycles. The number of alkyl halides is 1. The van der Waals surface area contributed by atoms with Gasteiger partial charge in [-0.15, -0.1) is 0 Å². The summed E-state index contributed by atoms with van der Waals surface area (Å²) in [6.45, 7) is 6.21. The van der Waals surface area contributed by atoms with Crippen LogP contribution >= 0.6 is 15.9 Å². The van der Waals surface area contributed by atoms with Crippen LogP contribution in [0.25, 0.3) is 22.2 Å². The highest BCUT2D eigenvalue weighted by Gasteiger charge is 2.29. The quantitative estimate of drug-likeness (QED) is 0.162.